The molecule has 0 unspecified atom stereocenters. The van der Waals surface area contributed by atoms with Crippen molar-refractivity contribution in [3.05, 3.63) is 87.8 Å². The van der Waals surface area contributed by atoms with Crippen molar-refractivity contribution in [2.24, 2.45) is 5.92 Å². The largest absolute Gasteiger partial charge is 0.336 e. The molecular weight excluding hydrogens is 468 g/mol. The van der Waals surface area contributed by atoms with Crippen molar-refractivity contribution in [1.82, 2.24) is 19.2 Å². The molecule has 180 valence electrons. The van der Waals surface area contributed by atoms with Gasteiger partial charge in [0.2, 0.25) is 5.91 Å². The lowest BCUT2D eigenvalue weighted by atomic mass is 9.98. The van der Waals surface area contributed by atoms with Gasteiger partial charge in [-0.15, -0.1) is 11.3 Å². The molecule has 2 aromatic carbocycles. The van der Waals surface area contributed by atoms with Gasteiger partial charge in [-0.2, -0.15) is 5.10 Å². The second kappa shape index (κ2) is 8.45. The van der Waals surface area contributed by atoms with Crippen molar-refractivity contribution in [3.8, 4) is 11.1 Å². The Morgan fingerprint density at radius 3 is 2.75 bits per heavy atom. The van der Waals surface area contributed by atoms with E-state index in [1.807, 2.05) is 46.0 Å². The highest BCUT2D eigenvalue weighted by Gasteiger charge is 2.29. The first-order chi connectivity index (χ1) is 17.6. The van der Waals surface area contributed by atoms with Crippen LogP contribution in [0.5, 0.6) is 0 Å². The van der Waals surface area contributed by atoms with Crippen LogP contribution in [0.15, 0.2) is 71.0 Å². The average molecular weight is 495 g/mol. The molecule has 7 heteroatoms. The lowest BCUT2D eigenvalue weighted by Gasteiger charge is -2.31. The number of nitrogens with zero attached hydrogens (tertiary/aromatic N) is 4. The molecule has 0 atom stereocenters. The van der Waals surface area contributed by atoms with E-state index in [4.69, 9.17) is 0 Å². The van der Waals surface area contributed by atoms with Crippen LogP contribution in [0.2, 0.25) is 0 Å². The highest BCUT2D eigenvalue weighted by Crippen LogP contribution is 2.35. The van der Waals surface area contributed by atoms with Gasteiger partial charge in [-0.3, -0.25) is 14.3 Å². The maximum atomic E-state index is 13.8. The zero-order valence-corrected chi connectivity index (χ0v) is 20.7. The number of carbonyl (C=O) groups excluding carboxylic acids is 1. The van der Waals surface area contributed by atoms with Crippen LogP contribution in [-0.4, -0.2) is 31.7 Å². The summed E-state index contributed by atoms with van der Waals surface area (Å²) < 4.78 is 4.90. The minimum absolute atomic E-state index is 0.0512. The third kappa shape index (κ3) is 3.75. The number of amides is 1. The molecule has 0 N–H and O–H groups in total. The van der Waals surface area contributed by atoms with Crippen molar-refractivity contribution >= 4 is 38.2 Å². The molecule has 1 aliphatic heterocycles. The standard InChI is InChI=1S/C29H26N4O2S/c34-27(18-32-17-21-4-1-2-7-25(21)30-32)31-12-10-26-22(16-31)14-24(29(35)33(26)15-19-8-9-19)23-6-3-5-20-11-13-36-28(20)23/h1-7,11,13-14,17,19H,8-10,12,15-16,18H2. The van der Waals surface area contributed by atoms with E-state index in [-0.39, 0.29) is 18.0 Å². The van der Waals surface area contributed by atoms with Gasteiger partial charge < -0.3 is 9.47 Å². The summed E-state index contributed by atoms with van der Waals surface area (Å²) in [6.45, 7) is 2.14. The Hall–Kier alpha value is -3.71. The predicted molar refractivity (Wildman–Crippen MR) is 143 cm³/mol. The van der Waals surface area contributed by atoms with Gasteiger partial charge in [-0.05, 0) is 53.3 Å². The summed E-state index contributed by atoms with van der Waals surface area (Å²) in [5.41, 5.74) is 4.92. The smallest absolute Gasteiger partial charge is 0.258 e. The number of hydrogen-bond donors (Lipinski definition) is 0. The molecule has 1 fully saturated rings. The van der Waals surface area contributed by atoms with Gasteiger partial charge in [0, 0.05) is 59.2 Å². The van der Waals surface area contributed by atoms with Crippen LogP contribution in [-0.2, 0) is 30.8 Å². The average Bonchev–Trinajstić information content (AvgIpc) is 3.41. The van der Waals surface area contributed by atoms with Gasteiger partial charge in [0.05, 0.1) is 5.52 Å². The number of aromatic nitrogens is 3. The van der Waals surface area contributed by atoms with Crippen LogP contribution in [0.25, 0.3) is 32.1 Å². The molecule has 6 nitrogen and oxygen atoms in total. The van der Waals surface area contributed by atoms with Crippen molar-refractivity contribution in [2.45, 2.75) is 38.9 Å². The SMILES string of the molecule is O=C(Cn1cc2ccccc2n1)N1CCc2c(cc(-c3cccc4ccsc34)c(=O)n2CC2CC2)C1. The Bertz CT molecular complexity index is 1660. The summed E-state index contributed by atoms with van der Waals surface area (Å²) in [6, 6.07) is 18.2. The van der Waals surface area contributed by atoms with Gasteiger partial charge in [-0.1, -0.05) is 36.4 Å². The molecule has 5 aromatic rings. The second-order valence-corrected chi connectivity index (χ2v) is 10.9. The van der Waals surface area contributed by atoms with Gasteiger partial charge in [0.1, 0.15) is 6.54 Å². The molecule has 7 rings (SSSR count). The summed E-state index contributed by atoms with van der Waals surface area (Å²) in [5.74, 6) is 0.642. The third-order valence-corrected chi connectivity index (χ3v) is 8.45. The normalized spacial score (nSPS) is 15.5. The van der Waals surface area contributed by atoms with Crippen LogP contribution in [0, 0.1) is 5.92 Å². The number of pyridine rings is 1. The molecule has 0 saturated heterocycles. The van der Waals surface area contributed by atoms with Crippen molar-refractivity contribution in [3.63, 3.8) is 0 Å². The van der Waals surface area contributed by atoms with Gasteiger partial charge in [-0.25, -0.2) is 0 Å². The quantitative estimate of drug-likeness (QED) is 0.343. The number of fused-ring (bicyclic) bond motifs is 3. The maximum absolute atomic E-state index is 13.8. The van der Waals surface area contributed by atoms with Gasteiger partial charge >= 0.3 is 0 Å². The van der Waals surface area contributed by atoms with E-state index < -0.39 is 0 Å². The number of thiophene rings is 1. The topological polar surface area (TPSA) is 60.1 Å². The van der Waals surface area contributed by atoms with Crippen molar-refractivity contribution in [1.29, 1.82) is 0 Å². The fraction of sp³-hybridized carbons (Fsp3) is 0.276. The molecule has 4 heterocycles. The number of hydrogen-bond acceptors (Lipinski definition) is 4. The van der Waals surface area contributed by atoms with E-state index in [0.717, 1.165) is 49.9 Å². The summed E-state index contributed by atoms with van der Waals surface area (Å²) >= 11 is 1.67. The summed E-state index contributed by atoms with van der Waals surface area (Å²) in [5, 5.41) is 8.83. The Labute approximate surface area is 212 Å². The Morgan fingerprint density at radius 2 is 1.89 bits per heavy atom. The lowest BCUT2D eigenvalue weighted by Crippen LogP contribution is -2.41. The third-order valence-electron chi connectivity index (χ3n) is 7.49. The van der Waals surface area contributed by atoms with Gasteiger partial charge in [0.25, 0.3) is 5.56 Å². The van der Waals surface area contributed by atoms with Crippen LogP contribution in [0.1, 0.15) is 24.1 Å². The summed E-state index contributed by atoms with van der Waals surface area (Å²) in [6.07, 6.45) is 5.01. The van der Waals surface area contributed by atoms with E-state index in [9.17, 15) is 9.59 Å². The van der Waals surface area contributed by atoms with E-state index >= 15 is 0 Å². The predicted octanol–water partition coefficient (Wildman–Crippen LogP) is 5.07. The number of rotatable bonds is 5. The summed E-state index contributed by atoms with van der Waals surface area (Å²) in [7, 11) is 0. The number of carbonyl (C=O) groups is 1. The van der Waals surface area contributed by atoms with E-state index in [1.54, 1.807) is 16.0 Å². The van der Waals surface area contributed by atoms with E-state index in [2.05, 4.69) is 34.7 Å². The minimum Gasteiger partial charge on any atom is -0.336 e. The monoisotopic (exact) mass is 494 g/mol. The Kier molecular flexibility index (Phi) is 5.06. The highest BCUT2D eigenvalue weighted by molar-refractivity contribution is 7.17. The van der Waals surface area contributed by atoms with Crippen LogP contribution >= 0.6 is 11.3 Å². The fourth-order valence-corrected chi connectivity index (χ4v) is 6.34. The van der Waals surface area contributed by atoms with Crippen molar-refractivity contribution < 1.29 is 4.79 Å². The molecule has 1 aliphatic carbocycles. The molecular formula is C29H26N4O2S. The molecule has 36 heavy (non-hydrogen) atoms. The number of benzene rings is 2. The zero-order chi connectivity index (χ0) is 24.2. The molecule has 0 spiro atoms. The first-order valence-electron chi connectivity index (χ1n) is 12.6. The minimum atomic E-state index is 0.0512. The molecule has 1 saturated carbocycles. The van der Waals surface area contributed by atoms with Crippen molar-refractivity contribution in [2.75, 3.05) is 6.54 Å². The first-order valence-corrected chi connectivity index (χ1v) is 13.4. The molecule has 1 amide bonds. The maximum Gasteiger partial charge on any atom is 0.258 e. The van der Waals surface area contributed by atoms with Crippen LogP contribution in [0.3, 0.4) is 0 Å². The van der Waals surface area contributed by atoms with E-state index in [1.165, 1.54) is 12.8 Å². The highest BCUT2D eigenvalue weighted by atomic mass is 32.1. The molecule has 0 bridgehead atoms. The molecule has 3 aromatic heterocycles. The summed E-state index contributed by atoms with van der Waals surface area (Å²) in [4.78, 5) is 29.0. The second-order valence-electron chi connectivity index (χ2n) is 9.98. The van der Waals surface area contributed by atoms with E-state index in [0.29, 0.717) is 25.4 Å². The Balaban J connectivity index is 1.24. The fourth-order valence-electron chi connectivity index (χ4n) is 5.42. The lowest BCUT2D eigenvalue weighted by molar-refractivity contribution is -0.133. The van der Waals surface area contributed by atoms with Gasteiger partial charge in [0.15, 0.2) is 0 Å². The zero-order valence-electron chi connectivity index (χ0n) is 19.9. The molecule has 0 radical (unpaired) electrons. The van der Waals surface area contributed by atoms with Crippen LogP contribution < -0.4 is 5.56 Å². The molecule has 2 aliphatic rings. The van der Waals surface area contributed by atoms with Crippen LogP contribution in [0.4, 0.5) is 0 Å². The Morgan fingerprint density at radius 1 is 1.03 bits per heavy atom. The first kappa shape index (κ1) is 21.6.